The van der Waals surface area contributed by atoms with Crippen molar-refractivity contribution in [1.82, 2.24) is 10.2 Å². The molecular formula is C15H16ClN3O3. The Morgan fingerprint density at radius 3 is 2.64 bits per heavy atom. The summed E-state index contributed by atoms with van der Waals surface area (Å²) < 4.78 is 10.4. The van der Waals surface area contributed by atoms with Gasteiger partial charge in [0.25, 0.3) is 5.91 Å². The Hall–Kier alpha value is -2.21. The number of nitrogens with zero attached hydrogens (tertiary/aromatic N) is 1. The van der Waals surface area contributed by atoms with Gasteiger partial charge >= 0.3 is 0 Å². The van der Waals surface area contributed by atoms with E-state index >= 15 is 0 Å². The summed E-state index contributed by atoms with van der Waals surface area (Å²) in [5, 5.41) is 10.1. The minimum Gasteiger partial charge on any atom is -0.495 e. The fourth-order valence-electron chi connectivity index (χ4n) is 2.20. The molecule has 0 spiro atoms. The van der Waals surface area contributed by atoms with Gasteiger partial charge in [0.05, 0.1) is 24.9 Å². The quantitative estimate of drug-likeness (QED) is 0.886. The molecule has 0 unspecified atom stereocenters. The van der Waals surface area contributed by atoms with E-state index in [0.717, 1.165) is 18.5 Å². The summed E-state index contributed by atoms with van der Waals surface area (Å²) in [5.41, 5.74) is 1.83. The summed E-state index contributed by atoms with van der Waals surface area (Å²) in [7, 11) is 3.02. The van der Waals surface area contributed by atoms with Gasteiger partial charge in [-0.05, 0) is 18.9 Å². The molecule has 1 aromatic heterocycles. The van der Waals surface area contributed by atoms with Crippen LogP contribution in [-0.2, 0) is 0 Å². The third-order valence-electron chi connectivity index (χ3n) is 3.57. The minimum absolute atomic E-state index is 0.314. The van der Waals surface area contributed by atoms with Gasteiger partial charge in [-0.15, -0.1) is 0 Å². The second kappa shape index (κ2) is 5.88. The van der Waals surface area contributed by atoms with Gasteiger partial charge < -0.3 is 14.8 Å². The molecule has 1 aromatic carbocycles. The Morgan fingerprint density at radius 1 is 1.27 bits per heavy atom. The van der Waals surface area contributed by atoms with Crippen molar-refractivity contribution in [1.29, 1.82) is 0 Å². The predicted molar refractivity (Wildman–Crippen MR) is 83.1 cm³/mol. The lowest BCUT2D eigenvalue weighted by Gasteiger charge is -2.12. The maximum Gasteiger partial charge on any atom is 0.276 e. The van der Waals surface area contributed by atoms with Crippen LogP contribution >= 0.6 is 11.6 Å². The van der Waals surface area contributed by atoms with Crippen LogP contribution in [0.5, 0.6) is 11.5 Å². The summed E-state index contributed by atoms with van der Waals surface area (Å²) in [6.45, 7) is 0. The SMILES string of the molecule is COc1cc(NC(=O)c2cc(C3CC3)[nH]n2)c(OC)cc1Cl. The van der Waals surface area contributed by atoms with Crippen molar-refractivity contribution in [3.05, 3.63) is 34.6 Å². The van der Waals surface area contributed by atoms with Crippen LogP contribution in [0.3, 0.4) is 0 Å². The fourth-order valence-corrected chi connectivity index (χ4v) is 2.43. The van der Waals surface area contributed by atoms with E-state index in [1.165, 1.54) is 14.2 Å². The molecule has 1 saturated carbocycles. The van der Waals surface area contributed by atoms with Crippen molar-refractivity contribution in [2.45, 2.75) is 18.8 Å². The van der Waals surface area contributed by atoms with Crippen LogP contribution < -0.4 is 14.8 Å². The highest BCUT2D eigenvalue weighted by Crippen LogP contribution is 2.39. The molecule has 0 saturated heterocycles. The van der Waals surface area contributed by atoms with Crippen LogP contribution in [-0.4, -0.2) is 30.3 Å². The number of amides is 1. The van der Waals surface area contributed by atoms with Crippen molar-refractivity contribution in [3.63, 3.8) is 0 Å². The molecule has 116 valence electrons. The van der Waals surface area contributed by atoms with Crippen LogP contribution in [0.4, 0.5) is 5.69 Å². The highest BCUT2D eigenvalue weighted by molar-refractivity contribution is 6.32. The molecule has 6 nitrogen and oxygen atoms in total. The third kappa shape index (κ3) is 2.87. The number of ether oxygens (including phenoxy) is 2. The standard InChI is InChI=1S/C15H16ClN3O3/c1-21-13-7-11(14(22-2)5-9(13)16)17-15(20)12-6-10(18-19-12)8-3-4-8/h5-8H,3-4H2,1-2H3,(H,17,20)(H,18,19). The maximum atomic E-state index is 12.3. The second-order valence-electron chi connectivity index (χ2n) is 5.12. The number of hydrogen-bond donors (Lipinski definition) is 2. The molecule has 1 aliphatic carbocycles. The third-order valence-corrected chi connectivity index (χ3v) is 3.86. The Morgan fingerprint density at radius 2 is 2.00 bits per heavy atom. The van der Waals surface area contributed by atoms with E-state index in [4.69, 9.17) is 21.1 Å². The molecule has 1 aliphatic rings. The molecule has 0 radical (unpaired) electrons. The number of benzene rings is 1. The maximum absolute atomic E-state index is 12.3. The molecular weight excluding hydrogens is 306 g/mol. The number of halogens is 1. The van der Waals surface area contributed by atoms with Gasteiger partial charge in [-0.25, -0.2) is 0 Å². The zero-order valence-corrected chi connectivity index (χ0v) is 13.0. The highest BCUT2D eigenvalue weighted by atomic mass is 35.5. The van der Waals surface area contributed by atoms with Crippen LogP contribution in [0, 0.1) is 0 Å². The number of methoxy groups -OCH3 is 2. The predicted octanol–water partition coefficient (Wildman–Crippen LogP) is 3.21. The molecule has 0 atom stereocenters. The number of nitrogens with one attached hydrogen (secondary N) is 2. The number of carbonyl (C=O) groups is 1. The van der Waals surface area contributed by atoms with E-state index in [2.05, 4.69) is 15.5 Å². The number of rotatable bonds is 5. The summed E-state index contributed by atoms with van der Waals surface area (Å²) >= 11 is 6.04. The number of hydrogen-bond acceptors (Lipinski definition) is 4. The van der Waals surface area contributed by atoms with Gasteiger partial charge in [-0.3, -0.25) is 9.89 Å². The van der Waals surface area contributed by atoms with Gasteiger partial charge in [0.2, 0.25) is 0 Å². The molecule has 2 aromatic rings. The Labute approximate surface area is 132 Å². The summed E-state index contributed by atoms with van der Waals surface area (Å²) in [6.07, 6.45) is 2.29. The minimum atomic E-state index is -0.314. The lowest BCUT2D eigenvalue weighted by Crippen LogP contribution is -2.13. The first-order chi connectivity index (χ1) is 10.6. The van der Waals surface area contributed by atoms with Gasteiger partial charge in [-0.2, -0.15) is 5.10 Å². The van der Waals surface area contributed by atoms with Crippen LogP contribution in [0.15, 0.2) is 18.2 Å². The van der Waals surface area contributed by atoms with Gasteiger partial charge in [0, 0.05) is 23.7 Å². The van der Waals surface area contributed by atoms with Gasteiger partial charge in [-0.1, -0.05) is 11.6 Å². The zero-order chi connectivity index (χ0) is 15.7. The fraction of sp³-hybridized carbons (Fsp3) is 0.333. The van der Waals surface area contributed by atoms with Gasteiger partial charge in [0.15, 0.2) is 5.69 Å². The average molecular weight is 322 g/mol. The molecule has 1 fully saturated rings. The van der Waals surface area contributed by atoms with Crippen LogP contribution in [0.25, 0.3) is 0 Å². The van der Waals surface area contributed by atoms with Crippen molar-refractivity contribution < 1.29 is 14.3 Å². The van der Waals surface area contributed by atoms with E-state index in [-0.39, 0.29) is 5.91 Å². The molecule has 2 N–H and O–H groups in total. The molecule has 1 heterocycles. The number of aromatic amines is 1. The number of anilines is 1. The number of H-pyrrole nitrogens is 1. The molecule has 22 heavy (non-hydrogen) atoms. The lowest BCUT2D eigenvalue weighted by atomic mass is 10.2. The highest BCUT2D eigenvalue weighted by Gasteiger charge is 2.26. The van der Waals surface area contributed by atoms with E-state index in [1.807, 2.05) is 0 Å². The zero-order valence-electron chi connectivity index (χ0n) is 12.3. The first kappa shape index (κ1) is 14.7. The summed E-state index contributed by atoms with van der Waals surface area (Å²) in [4.78, 5) is 12.3. The normalized spacial score (nSPS) is 13.8. The molecule has 0 aliphatic heterocycles. The Balaban J connectivity index is 1.82. The van der Waals surface area contributed by atoms with E-state index in [9.17, 15) is 4.79 Å². The molecule has 7 heteroatoms. The monoisotopic (exact) mass is 321 g/mol. The Kier molecular flexibility index (Phi) is 3.94. The van der Waals surface area contributed by atoms with Crippen molar-refractivity contribution in [2.24, 2.45) is 0 Å². The van der Waals surface area contributed by atoms with Crippen molar-refractivity contribution in [3.8, 4) is 11.5 Å². The molecule has 1 amide bonds. The average Bonchev–Trinajstić information content (AvgIpc) is 3.25. The van der Waals surface area contributed by atoms with Crippen molar-refractivity contribution in [2.75, 3.05) is 19.5 Å². The van der Waals surface area contributed by atoms with E-state index in [0.29, 0.717) is 33.8 Å². The smallest absolute Gasteiger partial charge is 0.276 e. The first-order valence-corrected chi connectivity index (χ1v) is 7.28. The van der Waals surface area contributed by atoms with E-state index < -0.39 is 0 Å². The lowest BCUT2D eigenvalue weighted by molar-refractivity contribution is 0.102. The molecule has 3 rings (SSSR count). The van der Waals surface area contributed by atoms with Crippen LogP contribution in [0.1, 0.15) is 34.9 Å². The summed E-state index contributed by atoms with van der Waals surface area (Å²) in [5.74, 6) is 1.11. The number of aromatic nitrogens is 2. The van der Waals surface area contributed by atoms with Gasteiger partial charge in [0.1, 0.15) is 11.5 Å². The van der Waals surface area contributed by atoms with Crippen molar-refractivity contribution >= 4 is 23.2 Å². The topological polar surface area (TPSA) is 76.2 Å². The first-order valence-electron chi connectivity index (χ1n) is 6.90. The Bertz CT molecular complexity index is 710. The largest absolute Gasteiger partial charge is 0.495 e. The second-order valence-corrected chi connectivity index (χ2v) is 5.53. The molecule has 0 bridgehead atoms. The summed E-state index contributed by atoms with van der Waals surface area (Å²) in [6, 6.07) is 5.00. The number of carbonyl (C=O) groups excluding carboxylic acids is 1. The van der Waals surface area contributed by atoms with E-state index in [1.54, 1.807) is 18.2 Å². The van der Waals surface area contributed by atoms with Crippen LogP contribution in [0.2, 0.25) is 5.02 Å².